The van der Waals surface area contributed by atoms with Crippen LogP contribution >= 0.6 is 0 Å². The molecule has 0 spiro atoms. The van der Waals surface area contributed by atoms with E-state index in [9.17, 15) is 9.59 Å². The fraction of sp³-hybridized carbons (Fsp3) is 0.200. The highest BCUT2D eigenvalue weighted by Crippen LogP contribution is 2.27. The Morgan fingerprint density at radius 2 is 1.88 bits per heavy atom. The molecule has 3 N–H and O–H groups in total. The summed E-state index contributed by atoms with van der Waals surface area (Å²) in [4.78, 5) is 27.4. The van der Waals surface area contributed by atoms with Crippen LogP contribution < -0.4 is 10.6 Å². The summed E-state index contributed by atoms with van der Waals surface area (Å²) >= 11 is 0. The van der Waals surface area contributed by atoms with Crippen molar-refractivity contribution in [3.63, 3.8) is 0 Å². The van der Waals surface area contributed by atoms with E-state index in [1.807, 2.05) is 42.6 Å². The first-order valence-corrected chi connectivity index (χ1v) is 8.44. The van der Waals surface area contributed by atoms with Crippen molar-refractivity contribution in [3.8, 4) is 0 Å². The van der Waals surface area contributed by atoms with E-state index < -0.39 is 0 Å². The molecule has 1 aliphatic heterocycles. The van der Waals surface area contributed by atoms with Crippen LogP contribution in [0, 0.1) is 0 Å². The molecule has 0 aliphatic carbocycles. The molecule has 5 heteroatoms. The van der Waals surface area contributed by atoms with Gasteiger partial charge in [0, 0.05) is 29.2 Å². The number of hydrogen-bond donors (Lipinski definition) is 3. The lowest BCUT2D eigenvalue weighted by Gasteiger charge is -2.11. The minimum absolute atomic E-state index is 0.0538. The maximum absolute atomic E-state index is 12.2. The Morgan fingerprint density at radius 3 is 2.80 bits per heavy atom. The number of rotatable bonds is 5. The second-order valence-corrected chi connectivity index (χ2v) is 6.28. The average molecular weight is 333 g/mol. The normalized spacial score (nSPS) is 15.8. The molecule has 0 saturated carbocycles. The van der Waals surface area contributed by atoms with Crippen LogP contribution in [0.2, 0.25) is 0 Å². The highest BCUT2D eigenvalue weighted by molar-refractivity contribution is 5.99. The fourth-order valence-corrected chi connectivity index (χ4v) is 3.41. The standard InChI is InChI=1S/C20H19N3O2/c24-19(11-18-15-6-1-2-7-16(15)20(25)23-18)21-10-9-13-12-22-17-8-4-3-5-14(13)17/h1-8,12,18,22H,9-11H2,(H,21,24)(H,23,25). The van der Waals surface area contributed by atoms with E-state index >= 15 is 0 Å². The summed E-state index contributed by atoms with van der Waals surface area (Å²) in [5.41, 5.74) is 3.86. The van der Waals surface area contributed by atoms with Crippen molar-refractivity contribution < 1.29 is 9.59 Å². The Balaban J connectivity index is 1.34. The van der Waals surface area contributed by atoms with Crippen molar-refractivity contribution in [3.05, 3.63) is 71.4 Å². The monoisotopic (exact) mass is 333 g/mol. The van der Waals surface area contributed by atoms with Gasteiger partial charge < -0.3 is 15.6 Å². The van der Waals surface area contributed by atoms with E-state index in [0.29, 0.717) is 12.1 Å². The Morgan fingerprint density at radius 1 is 1.08 bits per heavy atom. The van der Waals surface area contributed by atoms with Crippen LogP contribution in [-0.2, 0) is 11.2 Å². The molecular formula is C20H19N3O2. The van der Waals surface area contributed by atoms with Crippen LogP contribution in [0.15, 0.2) is 54.7 Å². The molecule has 126 valence electrons. The van der Waals surface area contributed by atoms with Crippen LogP contribution in [0.4, 0.5) is 0 Å². The number of hydrogen-bond acceptors (Lipinski definition) is 2. The Bertz CT molecular complexity index is 945. The van der Waals surface area contributed by atoms with Crippen molar-refractivity contribution in [1.82, 2.24) is 15.6 Å². The largest absolute Gasteiger partial charge is 0.361 e. The molecule has 3 aromatic rings. The highest BCUT2D eigenvalue weighted by atomic mass is 16.2. The third-order valence-corrected chi connectivity index (χ3v) is 4.67. The number of para-hydroxylation sites is 1. The molecule has 2 aromatic carbocycles. The number of aromatic nitrogens is 1. The van der Waals surface area contributed by atoms with Crippen LogP contribution in [-0.4, -0.2) is 23.3 Å². The smallest absolute Gasteiger partial charge is 0.252 e. The molecule has 1 unspecified atom stereocenters. The fourth-order valence-electron chi connectivity index (χ4n) is 3.41. The van der Waals surface area contributed by atoms with Crippen LogP contribution in [0.1, 0.15) is 33.9 Å². The van der Waals surface area contributed by atoms with Gasteiger partial charge in [0.15, 0.2) is 0 Å². The van der Waals surface area contributed by atoms with Gasteiger partial charge in [-0.1, -0.05) is 36.4 Å². The summed E-state index contributed by atoms with van der Waals surface area (Å²) in [7, 11) is 0. The molecular weight excluding hydrogens is 314 g/mol. The van der Waals surface area contributed by atoms with Gasteiger partial charge in [-0.2, -0.15) is 0 Å². The summed E-state index contributed by atoms with van der Waals surface area (Å²) in [5.74, 6) is -0.158. The molecule has 0 bridgehead atoms. The van der Waals surface area contributed by atoms with Gasteiger partial charge in [0.2, 0.25) is 5.91 Å². The van der Waals surface area contributed by atoms with Gasteiger partial charge in [-0.3, -0.25) is 9.59 Å². The van der Waals surface area contributed by atoms with E-state index in [-0.39, 0.29) is 24.3 Å². The van der Waals surface area contributed by atoms with Crippen molar-refractivity contribution in [2.75, 3.05) is 6.54 Å². The number of nitrogens with one attached hydrogen (secondary N) is 3. The van der Waals surface area contributed by atoms with Gasteiger partial charge in [-0.05, 0) is 29.7 Å². The molecule has 1 aliphatic rings. The average Bonchev–Trinajstić information content (AvgIpc) is 3.17. The van der Waals surface area contributed by atoms with Gasteiger partial charge in [-0.25, -0.2) is 0 Å². The van der Waals surface area contributed by atoms with Gasteiger partial charge in [-0.15, -0.1) is 0 Å². The van der Waals surface area contributed by atoms with Crippen LogP contribution in [0.3, 0.4) is 0 Å². The predicted molar refractivity (Wildman–Crippen MR) is 96.3 cm³/mol. The molecule has 0 radical (unpaired) electrons. The molecule has 1 aromatic heterocycles. The number of carbonyl (C=O) groups excluding carboxylic acids is 2. The Labute approximate surface area is 145 Å². The lowest BCUT2D eigenvalue weighted by atomic mass is 10.0. The van der Waals surface area contributed by atoms with Gasteiger partial charge >= 0.3 is 0 Å². The van der Waals surface area contributed by atoms with Crippen molar-refractivity contribution in [2.24, 2.45) is 0 Å². The Hall–Kier alpha value is -3.08. The summed E-state index contributed by atoms with van der Waals surface area (Å²) in [6.07, 6.45) is 3.02. The first-order chi connectivity index (χ1) is 12.2. The first-order valence-electron chi connectivity index (χ1n) is 8.44. The zero-order valence-corrected chi connectivity index (χ0v) is 13.7. The topological polar surface area (TPSA) is 74.0 Å². The number of amides is 2. The van der Waals surface area contributed by atoms with E-state index in [1.54, 1.807) is 6.07 Å². The van der Waals surface area contributed by atoms with Crippen molar-refractivity contribution in [1.29, 1.82) is 0 Å². The predicted octanol–water partition coefficient (Wildman–Crippen LogP) is 2.70. The molecule has 1 atom stereocenters. The number of fused-ring (bicyclic) bond motifs is 2. The maximum Gasteiger partial charge on any atom is 0.252 e. The molecule has 25 heavy (non-hydrogen) atoms. The quantitative estimate of drug-likeness (QED) is 0.671. The van der Waals surface area contributed by atoms with E-state index in [4.69, 9.17) is 0 Å². The Kier molecular flexibility index (Phi) is 3.98. The number of benzene rings is 2. The second kappa shape index (κ2) is 6.43. The lowest BCUT2D eigenvalue weighted by molar-refractivity contribution is -0.121. The highest BCUT2D eigenvalue weighted by Gasteiger charge is 2.29. The number of H-pyrrole nitrogens is 1. The zero-order chi connectivity index (χ0) is 17.2. The lowest BCUT2D eigenvalue weighted by Crippen LogP contribution is -2.30. The molecule has 2 amide bonds. The third-order valence-electron chi connectivity index (χ3n) is 4.67. The van der Waals surface area contributed by atoms with Crippen LogP contribution in [0.5, 0.6) is 0 Å². The van der Waals surface area contributed by atoms with Gasteiger partial charge in [0.05, 0.1) is 12.5 Å². The van der Waals surface area contributed by atoms with Gasteiger partial charge in [0.1, 0.15) is 0 Å². The van der Waals surface area contributed by atoms with Crippen molar-refractivity contribution >= 4 is 22.7 Å². The molecule has 0 saturated heterocycles. The second-order valence-electron chi connectivity index (χ2n) is 6.28. The van der Waals surface area contributed by atoms with E-state index in [1.165, 1.54) is 10.9 Å². The number of carbonyl (C=O) groups is 2. The summed E-state index contributed by atoms with van der Waals surface area (Å²) < 4.78 is 0. The minimum atomic E-state index is -0.239. The third kappa shape index (κ3) is 3.01. The molecule has 2 heterocycles. The minimum Gasteiger partial charge on any atom is -0.361 e. The van der Waals surface area contributed by atoms with E-state index in [0.717, 1.165) is 17.5 Å². The first kappa shape index (κ1) is 15.4. The molecule has 4 rings (SSSR count). The van der Waals surface area contributed by atoms with Crippen molar-refractivity contribution in [2.45, 2.75) is 18.9 Å². The SMILES string of the molecule is O=C(CC1NC(=O)c2ccccc21)NCCc1c[nH]c2ccccc12. The number of aromatic amines is 1. The van der Waals surface area contributed by atoms with Gasteiger partial charge in [0.25, 0.3) is 5.91 Å². The van der Waals surface area contributed by atoms with E-state index in [2.05, 4.69) is 21.7 Å². The maximum atomic E-state index is 12.2. The summed E-state index contributed by atoms with van der Waals surface area (Å²) in [6.45, 7) is 0.572. The molecule has 5 nitrogen and oxygen atoms in total. The summed E-state index contributed by atoms with van der Waals surface area (Å²) in [5, 5.41) is 7.02. The molecule has 0 fully saturated rings. The zero-order valence-electron chi connectivity index (χ0n) is 13.7. The summed E-state index contributed by atoms with van der Waals surface area (Å²) in [6, 6.07) is 15.3. The van der Waals surface area contributed by atoms with Crippen LogP contribution in [0.25, 0.3) is 10.9 Å².